The lowest BCUT2D eigenvalue weighted by Gasteiger charge is -2.70. The van der Waals surface area contributed by atoms with Crippen LogP contribution in [0, 0.1) is 50.7 Å². The Bertz CT molecular complexity index is 1080. The summed E-state index contributed by atoms with van der Waals surface area (Å²) >= 11 is 0. The second-order valence-corrected chi connectivity index (χ2v) is 14.6. The molecule has 0 amide bonds. The highest BCUT2D eigenvalue weighted by atomic mass is 16.4. The fourth-order valence-electron chi connectivity index (χ4n) is 10.2. The summed E-state index contributed by atoms with van der Waals surface area (Å²) in [6.45, 7) is 13.1. The molecule has 5 N–H and O–H groups in total. The van der Waals surface area contributed by atoms with Crippen LogP contribution in [0.2, 0.25) is 0 Å². The molecule has 10 unspecified atom stereocenters. The van der Waals surface area contributed by atoms with Crippen molar-refractivity contribution in [2.75, 3.05) is 0 Å². The van der Waals surface area contributed by atoms with Gasteiger partial charge in [0.2, 0.25) is 0 Å². The van der Waals surface area contributed by atoms with Crippen LogP contribution in [0.1, 0.15) is 93.4 Å². The van der Waals surface area contributed by atoms with Gasteiger partial charge in [-0.3, -0.25) is 14.4 Å². The molecule has 4 aliphatic carbocycles. The first-order valence-electron chi connectivity index (χ1n) is 14.0. The lowest BCUT2D eigenvalue weighted by Crippen LogP contribution is -2.70. The van der Waals surface area contributed by atoms with Gasteiger partial charge >= 0.3 is 17.9 Å². The number of carboxylic acids is 3. The standard InChI is InChI=1S/C30H46O8/c1-16-10-13-30(24(36)37)20(31)14-28(6)17(22(30)29(16,7)38)8-9-19-26(4,15-21(32)33)18(11-12-27(19,28)5)25(2,3)23(34)35/h8,16,18-20,22,31,38H,9-15H2,1-7H3,(H,32,33)(H,34,35)(H,36,37). The third-order valence-corrected chi connectivity index (χ3v) is 12.7. The van der Waals surface area contributed by atoms with Crippen LogP contribution >= 0.6 is 0 Å². The Hall–Kier alpha value is -1.93. The van der Waals surface area contributed by atoms with E-state index in [0.29, 0.717) is 25.7 Å². The van der Waals surface area contributed by atoms with Crippen molar-refractivity contribution in [3.63, 3.8) is 0 Å². The number of hydrogen-bond donors (Lipinski definition) is 5. The summed E-state index contributed by atoms with van der Waals surface area (Å²) < 4.78 is 0. The number of rotatable bonds is 5. The highest BCUT2D eigenvalue weighted by molar-refractivity contribution is 5.78. The third kappa shape index (κ3) is 3.44. The Balaban J connectivity index is 1.94. The Labute approximate surface area is 225 Å². The molecule has 0 bridgehead atoms. The number of aliphatic hydroxyl groups is 2. The van der Waals surface area contributed by atoms with Gasteiger partial charge in [0.25, 0.3) is 0 Å². The van der Waals surface area contributed by atoms with Crippen LogP contribution in [0.4, 0.5) is 0 Å². The second-order valence-electron chi connectivity index (χ2n) is 14.6. The second kappa shape index (κ2) is 8.53. The van der Waals surface area contributed by atoms with Crippen LogP contribution in [0.5, 0.6) is 0 Å². The van der Waals surface area contributed by atoms with Crippen molar-refractivity contribution in [2.45, 2.75) is 105 Å². The lowest BCUT2D eigenvalue weighted by atomic mass is 9.33. The van der Waals surface area contributed by atoms with Crippen molar-refractivity contribution in [2.24, 2.45) is 50.7 Å². The zero-order valence-corrected chi connectivity index (χ0v) is 23.9. The molecule has 4 rings (SSSR count). The van der Waals surface area contributed by atoms with E-state index in [2.05, 4.69) is 13.8 Å². The number of aliphatic carboxylic acids is 3. The third-order valence-electron chi connectivity index (χ3n) is 12.7. The number of carbonyl (C=O) groups is 3. The van der Waals surface area contributed by atoms with E-state index in [1.807, 2.05) is 19.9 Å². The van der Waals surface area contributed by atoms with E-state index in [1.54, 1.807) is 20.8 Å². The Morgan fingerprint density at radius 1 is 1.03 bits per heavy atom. The van der Waals surface area contributed by atoms with Crippen LogP contribution < -0.4 is 0 Å². The van der Waals surface area contributed by atoms with Crippen molar-refractivity contribution in [3.05, 3.63) is 11.6 Å². The average Bonchev–Trinajstić information content (AvgIpc) is 2.76. The fraction of sp³-hybridized carbons (Fsp3) is 0.833. The molecule has 3 saturated carbocycles. The molecule has 8 nitrogen and oxygen atoms in total. The number of carboxylic acid groups (broad SMARTS) is 3. The van der Waals surface area contributed by atoms with Gasteiger partial charge in [0.1, 0.15) is 5.41 Å². The van der Waals surface area contributed by atoms with E-state index >= 15 is 0 Å². The monoisotopic (exact) mass is 534 g/mol. The highest BCUT2D eigenvalue weighted by Crippen LogP contribution is 2.75. The summed E-state index contributed by atoms with van der Waals surface area (Å²) in [4.78, 5) is 37.5. The minimum atomic E-state index is -1.49. The van der Waals surface area contributed by atoms with Gasteiger partial charge in [0.05, 0.1) is 23.5 Å². The van der Waals surface area contributed by atoms with E-state index in [-0.39, 0.29) is 37.0 Å². The Morgan fingerprint density at radius 3 is 2.16 bits per heavy atom. The summed E-state index contributed by atoms with van der Waals surface area (Å²) in [5.74, 6) is -4.53. The largest absolute Gasteiger partial charge is 0.481 e. The number of aliphatic hydroxyl groups excluding tert-OH is 1. The number of allylic oxidation sites excluding steroid dienone is 1. The zero-order valence-electron chi connectivity index (χ0n) is 23.9. The SMILES string of the molecule is CC1CCC2(C(=O)O)C(O)CC3(C)C(=CCC4C(C)(CC(=O)O)C(C(C)(C)C(=O)O)CCC43C)C2C1(C)O. The maximum Gasteiger partial charge on any atom is 0.313 e. The first-order valence-corrected chi connectivity index (χ1v) is 14.0. The van der Waals surface area contributed by atoms with Crippen LogP contribution in [-0.4, -0.2) is 55.1 Å². The van der Waals surface area contributed by atoms with Gasteiger partial charge in [0.15, 0.2) is 0 Å². The van der Waals surface area contributed by atoms with Crippen molar-refractivity contribution in [1.29, 1.82) is 0 Å². The molecule has 10 atom stereocenters. The maximum atomic E-state index is 12.9. The Morgan fingerprint density at radius 2 is 1.63 bits per heavy atom. The minimum absolute atomic E-state index is 0.162. The molecule has 0 spiro atoms. The summed E-state index contributed by atoms with van der Waals surface area (Å²) in [6.07, 6.45) is 3.27. The molecule has 8 heteroatoms. The average molecular weight is 535 g/mol. The molecule has 0 heterocycles. The normalized spacial score (nSPS) is 48.7. The molecule has 214 valence electrons. The Kier molecular flexibility index (Phi) is 6.53. The molecule has 0 aromatic rings. The van der Waals surface area contributed by atoms with Gasteiger partial charge in [-0.1, -0.05) is 39.3 Å². The van der Waals surface area contributed by atoms with E-state index in [0.717, 1.165) is 5.57 Å². The summed E-state index contributed by atoms with van der Waals surface area (Å²) in [7, 11) is 0. The minimum Gasteiger partial charge on any atom is -0.481 e. The molecule has 0 aliphatic heterocycles. The van der Waals surface area contributed by atoms with Gasteiger partial charge < -0.3 is 25.5 Å². The predicted molar refractivity (Wildman–Crippen MR) is 140 cm³/mol. The maximum absolute atomic E-state index is 12.9. The van der Waals surface area contributed by atoms with E-state index in [4.69, 9.17) is 0 Å². The van der Waals surface area contributed by atoms with Crippen LogP contribution in [0.3, 0.4) is 0 Å². The first-order chi connectivity index (χ1) is 17.2. The molecular formula is C30H46O8. The highest BCUT2D eigenvalue weighted by Gasteiger charge is 2.73. The first kappa shape index (κ1) is 29.1. The predicted octanol–water partition coefficient (Wildman–Crippen LogP) is 4.58. The van der Waals surface area contributed by atoms with Gasteiger partial charge in [-0.25, -0.2) is 0 Å². The van der Waals surface area contributed by atoms with Crippen LogP contribution in [-0.2, 0) is 14.4 Å². The summed E-state index contributed by atoms with van der Waals surface area (Å²) in [6, 6.07) is 0. The van der Waals surface area contributed by atoms with Crippen molar-refractivity contribution in [1.82, 2.24) is 0 Å². The van der Waals surface area contributed by atoms with Crippen molar-refractivity contribution in [3.8, 4) is 0 Å². The molecule has 0 radical (unpaired) electrons. The quantitative estimate of drug-likeness (QED) is 0.321. The smallest absolute Gasteiger partial charge is 0.313 e. The number of fused-ring (bicyclic) bond motifs is 5. The summed E-state index contributed by atoms with van der Waals surface area (Å²) in [5, 5.41) is 54.2. The zero-order chi connectivity index (χ0) is 28.9. The molecule has 38 heavy (non-hydrogen) atoms. The number of hydrogen-bond acceptors (Lipinski definition) is 5. The van der Waals surface area contributed by atoms with Crippen molar-refractivity contribution >= 4 is 17.9 Å². The van der Waals surface area contributed by atoms with E-state index in [1.165, 1.54) is 0 Å². The van der Waals surface area contributed by atoms with E-state index in [9.17, 15) is 39.9 Å². The molecular weight excluding hydrogens is 488 g/mol. The van der Waals surface area contributed by atoms with Gasteiger partial charge in [0, 0.05) is 5.92 Å². The van der Waals surface area contributed by atoms with Crippen LogP contribution in [0.15, 0.2) is 11.6 Å². The fourth-order valence-corrected chi connectivity index (χ4v) is 10.2. The molecule has 0 aromatic heterocycles. The molecule has 4 aliphatic rings. The van der Waals surface area contributed by atoms with Gasteiger partial charge in [-0.2, -0.15) is 0 Å². The molecule has 0 saturated heterocycles. The van der Waals surface area contributed by atoms with Crippen molar-refractivity contribution < 1.29 is 39.9 Å². The van der Waals surface area contributed by atoms with Crippen LogP contribution in [0.25, 0.3) is 0 Å². The van der Waals surface area contributed by atoms with Gasteiger partial charge in [-0.05, 0) is 93.3 Å². The summed E-state index contributed by atoms with van der Waals surface area (Å²) in [5.41, 5.74) is -5.18. The lowest BCUT2D eigenvalue weighted by molar-refractivity contribution is -0.229. The molecule has 0 aromatic carbocycles. The topological polar surface area (TPSA) is 152 Å². The molecule has 3 fully saturated rings. The van der Waals surface area contributed by atoms with Gasteiger partial charge in [-0.15, -0.1) is 0 Å². The van der Waals surface area contributed by atoms with E-state index < -0.39 is 62.6 Å².